The minimum Gasteiger partial charge on any atom is -0.361 e. The van der Waals surface area contributed by atoms with Crippen LogP contribution in [-0.2, 0) is 0 Å². The van der Waals surface area contributed by atoms with Gasteiger partial charge in [0.25, 0.3) is 0 Å². The Kier molecular flexibility index (Phi) is 13.1. The summed E-state index contributed by atoms with van der Waals surface area (Å²) in [6.45, 7) is 12.0. The zero-order valence-electron chi connectivity index (χ0n) is 11.9. The van der Waals surface area contributed by atoms with E-state index < -0.39 is 0 Å². The molecule has 0 atom stereocenters. The molecule has 0 saturated heterocycles. The van der Waals surface area contributed by atoms with Gasteiger partial charge in [0.15, 0.2) is 5.43 Å². The number of nitrogens with one attached hydrogen (secondary N) is 1. The normalized spacial score (nSPS) is 7.65. The highest BCUT2D eigenvalue weighted by atomic mass is 16.1. The van der Waals surface area contributed by atoms with E-state index in [1.807, 2.05) is 65.8 Å². The Labute approximate surface area is 105 Å². The van der Waals surface area contributed by atoms with Crippen molar-refractivity contribution in [3.8, 4) is 0 Å². The van der Waals surface area contributed by atoms with Crippen LogP contribution in [0.25, 0.3) is 10.9 Å². The second-order valence-corrected chi connectivity index (χ2v) is 2.39. The predicted octanol–water partition coefficient (Wildman–Crippen LogP) is 4.61. The van der Waals surface area contributed by atoms with E-state index in [1.165, 1.54) is 6.07 Å². The number of H-pyrrole nitrogens is 1. The molecule has 0 fully saturated rings. The SMILES string of the molecule is CC.CC.CC.O=c1cc[nH]c2ccccc12. The summed E-state index contributed by atoms with van der Waals surface area (Å²) in [7, 11) is 0. The second kappa shape index (κ2) is 12.5. The molecule has 0 radical (unpaired) electrons. The third kappa shape index (κ3) is 5.91. The maximum atomic E-state index is 11.2. The quantitative estimate of drug-likeness (QED) is 0.710. The molecule has 0 aliphatic heterocycles. The lowest BCUT2D eigenvalue weighted by Crippen LogP contribution is -1.98. The first-order valence-electron chi connectivity index (χ1n) is 6.44. The van der Waals surface area contributed by atoms with E-state index in [-0.39, 0.29) is 5.43 Å². The number of benzene rings is 1. The van der Waals surface area contributed by atoms with Gasteiger partial charge in [-0.1, -0.05) is 53.7 Å². The van der Waals surface area contributed by atoms with Crippen LogP contribution in [0.5, 0.6) is 0 Å². The number of rotatable bonds is 0. The van der Waals surface area contributed by atoms with Crippen molar-refractivity contribution < 1.29 is 0 Å². The first-order chi connectivity index (χ1) is 8.38. The van der Waals surface area contributed by atoms with E-state index in [0.717, 1.165) is 10.9 Å². The average Bonchev–Trinajstić information content (AvgIpc) is 2.46. The predicted molar refractivity (Wildman–Crippen MR) is 78.6 cm³/mol. The summed E-state index contributed by atoms with van der Waals surface area (Å²) < 4.78 is 0. The Balaban J connectivity index is 0. The fourth-order valence-corrected chi connectivity index (χ4v) is 1.12. The summed E-state index contributed by atoms with van der Waals surface area (Å²) in [4.78, 5) is 14.2. The van der Waals surface area contributed by atoms with E-state index in [1.54, 1.807) is 6.20 Å². The van der Waals surface area contributed by atoms with Crippen molar-refractivity contribution in [3.63, 3.8) is 0 Å². The van der Waals surface area contributed by atoms with Gasteiger partial charge in [0.2, 0.25) is 0 Å². The number of hydrogen-bond donors (Lipinski definition) is 1. The molecule has 0 amide bonds. The third-order valence-electron chi connectivity index (χ3n) is 1.67. The van der Waals surface area contributed by atoms with Crippen molar-refractivity contribution in [1.29, 1.82) is 0 Å². The number of fused-ring (bicyclic) bond motifs is 1. The van der Waals surface area contributed by atoms with Crippen molar-refractivity contribution in [2.24, 2.45) is 0 Å². The molecule has 0 unspecified atom stereocenters. The van der Waals surface area contributed by atoms with Gasteiger partial charge >= 0.3 is 0 Å². The Morgan fingerprint density at radius 2 is 1.35 bits per heavy atom. The number of aromatic amines is 1. The summed E-state index contributed by atoms with van der Waals surface area (Å²) in [5, 5.41) is 0.745. The molecule has 0 aliphatic rings. The van der Waals surface area contributed by atoms with Gasteiger partial charge in [-0.15, -0.1) is 0 Å². The van der Waals surface area contributed by atoms with E-state index in [9.17, 15) is 4.79 Å². The van der Waals surface area contributed by atoms with Crippen LogP contribution in [0, 0.1) is 0 Å². The van der Waals surface area contributed by atoms with Gasteiger partial charge in [-0.25, -0.2) is 0 Å². The van der Waals surface area contributed by atoms with Gasteiger partial charge in [-0.2, -0.15) is 0 Å². The molecule has 2 nitrogen and oxygen atoms in total. The summed E-state index contributed by atoms with van der Waals surface area (Å²) in [6, 6.07) is 8.99. The fraction of sp³-hybridized carbons (Fsp3) is 0.400. The minimum absolute atomic E-state index is 0.0688. The van der Waals surface area contributed by atoms with E-state index in [0.29, 0.717) is 0 Å². The van der Waals surface area contributed by atoms with Crippen LogP contribution in [0.4, 0.5) is 0 Å². The molecule has 0 aliphatic carbocycles. The molecule has 96 valence electrons. The van der Waals surface area contributed by atoms with Gasteiger partial charge < -0.3 is 4.98 Å². The highest BCUT2D eigenvalue weighted by Crippen LogP contribution is 2.03. The Morgan fingerprint density at radius 3 is 1.88 bits per heavy atom. The highest BCUT2D eigenvalue weighted by molar-refractivity contribution is 5.77. The lowest BCUT2D eigenvalue weighted by Gasteiger charge is -1.92. The Bertz CT molecular complexity index is 427. The van der Waals surface area contributed by atoms with Gasteiger partial charge in [-0.05, 0) is 12.1 Å². The van der Waals surface area contributed by atoms with Gasteiger partial charge in [0.05, 0.1) is 0 Å². The van der Waals surface area contributed by atoms with E-state index in [4.69, 9.17) is 0 Å². The molecule has 1 aromatic heterocycles. The minimum atomic E-state index is 0.0688. The summed E-state index contributed by atoms with van der Waals surface area (Å²) in [5.74, 6) is 0. The number of para-hydroxylation sites is 1. The molecule has 2 aromatic rings. The van der Waals surface area contributed by atoms with E-state index >= 15 is 0 Å². The number of aromatic nitrogens is 1. The average molecular weight is 235 g/mol. The summed E-state index contributed by atoms with van der Waals surface area (Å²) in [5.41, 5.74) is 0.958. The zero-order valence-corrected chi connectivity index (χ0v) is 11.9. The molecule has 1 N–H and O–H groups in total. The number of pyridine rings is 1. The molecule has 2 heteroatoms. The van der Waals surface area contributed by atoms with Gasteiger partial charge in [0, 0.05) is 23.2 Å². The van der Waals surface area contributed by atoms with Crippen molar-refractivity contribution >= 4 is 10.9 Å². The molecule has 1 aromatic carbocycles. The first-order valence-corrected chi connectivity index (χ1v) is 6.44. The second-order valence-electron chi connectivity index (χ2n) is 2.39. The Morgan fingerprint density at radius 1 is 0.824 bits per heavy atom. The molecule has 0 bridgehead atoms. The van der Waals surface area contributed by atoms with Crippen LogP contribution < -0.4 is 5.43 Å². The van der Waals surface area contributed by atoms with Crippen LogP contribution in [0.2, 0.25) is 0 Å². The molecule has 0 spiro atoms. The third-order valence-corrected chi connectivity index (χ3v) is 1.67. The topological polar surface area (TPSA) is 32.9 Å². The van der Waals surface area contributed by atoms with Crippen molar-refractivity contribution in [2.75, 3.05) is 0 Å². The Hall–Kier alpha value is -1.57. The van der Waals surface area contributed by atoms with Crippen molar-refractivity contribution in [2.45, 2.75) is 41.5 Å². The largest absolute Gasteiger partial charge is 0.361 e. The zero-order chi connectivity index (χ0) is 13.7. The summed E-state index contributed by atoms with van der Waals surface area (Å²) >= 11 is 0. The standard InChI is InChI=1S/C9H7NO.3C2H6/c11-9-5-6-10-8-4-2-1-3-7(8)9;3*1-2/h1-6H,(H,10,11);3*1-2H3. The van der Waals surface area contributed by atoms with Crippen molar-refractivity contribution in [1.82, 2.24) is 4.98 Å². The first kappa shape index (κ1) is 17.8. The van der Waals surface area contributed by atoms with Crippen LogP contribution in [0.15, 0.2) is 41.3 Å². The monoisotopic (exact) mass is 235 g/mol. The lowest BCUT2D eigenvalue weighted by molar-refractivity contribution is 1.39. The molecule has 17 heavy (non-hydrogen) atoms. The smallest absolute Gasteiger partial charge is 0.189 e. The van der Waals surface area contributed by atoms with Crippen LogP contribution in [0.3, 0.4) is 0 Å². The van der Waals surface area contributed by atoms with Crippen LogP contribution >= 0.6 is 0 Å². The molecular weight excluding hydrogens is 210 g/mol. The molecular formula is C15H25NO. The van der Waals surface area contributed by atoms with Crippen LogP contribution in [-0.4, -0.2) is 4.98 Å². The van der Waals surface area contributed by atoms with Gasteiger partial charge in [-0.3, -0.25) is 4.79 Å². The fourth-order valence-electron chi connectivity index (χ4n) is 1.12. The summed E-state index contributed by atoms with van der Waals surface area (Å²) in [6.07, 6.45) is 1.66. The maximum absolute atomic E-state index is 11.2. The lowest BCUT2D eigenvalue weighted by atomic mass is 10.2. The molecule has 1 heterocycles. The molecule has 2 rings (SSSR count). The van der Waals surface area contributed by atoms with E-state index in [2.05, 4.69) is 4.98 Å². The number of hydrogen-bond acceptors (Lipinski definition) is 1. The molecule has 0 saturated carbocycles. The van der Waals surface area contributed by atoms with Gasteiger partial charge in [0.1, 0.15) is 0 Å². The van der Waals surface area contributed by atoms with Crippen LogP contribution in [0.1, 0.15) is 41.5 Å². The maximum Gasteiger partial charge on any atom is 0.189 e. The highest BCUT2D eigenvalue weighted by Gasteiger charge is 1.92. The van der Waals surface area contributed by atoms with Crippen molar-refractivity contribution in [3.05, 3.63) is 46.8 Å².